The number of benzene rings is 1. The Morgan fingerprint density at radius 3 is 2.29 bits per heavy atom. The summed E-state index contributed by atoms with van der Waals surface area (Å²) >= 11 is 0. The van der Waals surface area contributed by atoms with Gasteiger partial charge in [-0.05, 0) is 49.5 Å². The SMILES string of the molecule is COC(=O)C1N(C(C)c2ccccc2)C12CCC(C(C)(C)C)CC2. The second-order valence-corrected chi connectivity index (χ2v) is 8.66. The summed E-state index contributed by atoms with van der Waals surface area (Å²) in [7, 11) is 1.51. The Hall–Kier alpha value is -1.35. The van der Waals surface area contributed by atoms with Gasteiger partial charge in [-0.15, -0.1) is 0 Å². The number of nitrogens with zero attached hydrogens (tertiary/aromatic N) is 1. The van der Waals surface area contributed by atoms with E-state index in [-0.39, 0.29) is 23.6 Å². The van der Waals surface area contributed by atoms with Crippen LogP contribution in [0.2, 0.25) is 0 Å². The monoisotopic (exact) mass is 329 g/mol. The number of methoxy groups -OCH3 is 1. The molecule has 3 rings (SSSR count). The summed E-state index contributed by atoms with van der Waals surface area (Å²) in [5.74, 6) is 0.683. The first-order chi connectivity index (χ1) is 11.3. The minimum atomic E-state index is -0.0707. The van der Waals surface area contributed by atoms with Gasteiger partial charge in [-0.3, -0.25) is 9.69 Å². The quantitative estimate of drug-likeness (QED) is 0.600. The second kappa shape index (κ2) is 6.18. The molecule has 1 saturated carbocycles. The van der Waals surface area contributed by atoms with E-state index in [1.54, 1.807) is 0 Å². The smallest absolute Gasteiger partial charge is 0.325 e. The fraction of sp³-hybridized carbons (Fsp3) is 0.667. The van der Waals surface area contributed by atoms with E-state index < -0.39 is 0 Å². The van der Waals surface area contributed by atoms with Crippen LogP contribution in [0.25, 0.3) is 0 Å². The molecule has 1 aliphatic carbocycles. The zero-order valence-electron chi connectivity index (χ0n) is 15.7. The molecule has 0 amide bonds. The standard InChI is InChI=1S/C21H31NO2/c1-15(16-9-7-6-8-10-16)22-18(19(23)24-5)21(22)13-11-17(12-14-21)20(2,3)4/h6-10,15,17-18H,11-14H2,1-5H3. The molecule has 0 radical (unpaired) electrons. The first-order valence-corrected chi connectivity index (χ1v) is 9.22. The van der Waals surface area contributed by atoms with Crippen molar-refractivity contribution >= 4 is 5.97 Å². The van der Waals surface area contributed by atoms with E-state index in [4.69, 9.17) is 4.74 Å². The van der Waals surface area contributed by atoms with Gasteiger partial charge in [0.2, 0.25) is 0 Å². The van der Waals surface area contributed by atoms with Crippen LogP contribution in [-0.2, 0) is 9.53 Å². The molecule has 3 unspecified atom stereocenters. The molecule has 3 nitrogen and oxygen atoms in total. The van der Waals surface area contributed by atoms with E-state index in [1.165, 1.54) is 25.5 Å². The Morgan fingerprint density at radius 1 is 1.21 bits per heavy atom. The number of carbonyl (C=O) groups excluding carboxylic acids is 1. The van der Waals surface area contributed by atoms with Crippen molar-refractivity contribution in [2.45, 2.75) is 71.0 Å². The zero-order chi connectivity index (χ0) is 17.5. The molecule has 1 heterocycles. The number of hydrogen-bond donors (Lipinski definition) is 0. The van der Waals surface area contributed by atoms with E-state index in [2.05, 4.69) is 56.9 Å². The molecule has 0 aromatic heterocycles. The molecule has 132 valence electrons. The van der Waals surface area contributed by atoms with Gasteiger partial charge in [-0.2, -0.15) is 0 Å². The molecule has 0 bridgehead atoms. The fourth-order valence-electron chi connectivity index (χ4n) is 4.86. The van der Waals surface area contributed by atoms with Crippen LogP contribution in [0.3, 0.4) is 0 Å². The van der Waals surface area contributed by atoms with Gasteiger partial charge in [-0.25, -0.2) is 0 Å². The van der Waals surface area contributed by atoms with Crippen molar-refractivity contribution in [3.63, 3.8) is 0 Å². The summed E-state index contributed by atoms with van der Waals surface area (Å²) in [5.41, 5.74) is 1.65. The second-order valence-electron chi connectivity index (χ2n) is 8.66. The Bertz CT molecular complexity index is 582. The fourth-order valence-corrected chi connectivity index (χ4v) is 4.86. The van der Waals surface area contributed by atoms with Crippen molar-refractivity contribution < 1.29 is 9.53 Å². The molecule has 24 heavy (non-hydrogen) atoms. The molecule has 0 N–H and O–H groups in total. The topological polar surface area (TPSA) is 29.3 Å². The maximum absolute atomic E-state index is 12.4. The predicted octanol–water partition coefficient (Wildman–Crippen LogP) is 4.58. The summed E-state index contributed by atoms with van der Waals surface area (Å²) in [6.45, 7) is 9.23. The van der Waals surface area contributed by atoms with Gasteiger partial charge in [-0.1, -0.05) is 51.1 Å². The maximum atomic E-state index is 12.4. The third-order valence-corrected chi connectivity index (χ3v) is 6.43. The lowest BCUT2D eigenvalue weighted by Gasteiger charge is -2.38. The molecule has 1 spiro atoms. The molecular weight excluding hydrogens is 298 g/mol. The largest absolute Gasteiger partial charge is 0.468 e. The first-order valence-electron chi connectivity index (χ1n) is 9.22. The van der Waals surface area contributed by atoms with E-state index in [0.717, 1.165) is 18.8 Å². The summed E-state index contributed by atoms with van der Waals surface area (Å²) < 4.78 is 5.13. The molecule has 3 heteroatoms. The summed E-state index contributed by atoms with van der Waals surface area (Å²) in [4.78, 5) is 14.8. The third kappa shape index (κ3) is 2.88. The van der Waals surface area contributed by atoms with Crippen LogP contribution in [0, 0.1) is 11.3 Å². The van der Waals surface area contributed by atoms with Crippen LogP contribution in [0.4, 0.5) is 0 Å². The van der Waals surface area contributed by atoms with Crippen LogP contribution < -0.4 is 0 Å². The molecule has 2 aliphatic rings. The summed E-state index contributed by atoms with van der Waals surface area (Å²) in [6.07, 6.45) is 4.61. The van der Waals surface area contributed by atoms with Crippen molar-refractivity contribution in [2.24, 2.45) is 11.3 Å². The van der Waals surface area contributed by atoms with E-state index in [0.29, 0.717) is 5.41 Å². The number of carbonyl (C=O) groups is 1. The minimum Gasteiger partial charge on any atom is -0.468 e. The van der Waals surface area contributed by atoms with Gasteiger partial charge in [0.05, 0.1) is 7.11 Å². The van der Waals surface area contributed by atoms with Crippen molar-refractivity contribution in [1.29, 1.82) is 0 Å². The maximum Gasteiger partial charge on any atom is 0.325 e. The van der Waals surface area contributed by atoms with Crippen LogP contribution in [0.1, 0.15) is 65.0 Å². The van der Waals surface area contributed by atoms with E-state index >= 15 is 0 Å². The molecule has 1 saturated heterocycles. The number of hydrogen-bond acceptors (Lipinski definition) is 3. The number of esters is 1. The van der Waals surface area contributed by atoms with Crippen LogP contribution >= 0.6 is 0 Å². The van der Waals surface area contributed by atoms with Gasteiger partial charge in [0.15, 0.2) is 0 Å². The van der Waals surface area contributed by atoms with Crippen LogP contribution in [0.5, 0.6) is 0 Å². The van der Waals surface area contributed by atoms with Crippen molar-refractivity contribution in [2.75, 3.05) is 7.11 Å². The minimum absolute atomic E-state index is 0.0180. The number of ether oxygens (including phenoxy) is 1. The van der Waals surface area contributed by atoms with E-state index in [9.17, 15) is 4.79 Å². The summed E-state index contributed by atoms with van der Waals surface area (Å²) in [5, 5.41) is 0. The average molecular weight is 329 g/mol. The lowest BCUT2D eigenvalue weighted by Crippen LogP contribution is -2.33. The van der Waals surface area contributed by atoms with Gasteiger partial charge < -0.3 is 4.74 Å². The Morgan fingerprint density at radius 2 is 1.79 bits per heavy atom. The van der Waals surface area contributed by atoms with Gasteiger partial charge in [0.25, 0.3) is 0 Å². The zero-order valence-corrected chi connectivity index (χ0v) is 15.7. The van der Waals surface area contributed by atoms with Gasteiger partial charge in [0, 0.05) is 11.6 Å². The molecule has 3 atom stereocenters. The Kier molecular flexibility index (Phi) is 4.50. The highest BCUT2D eigenvalue weighted by molar-refractivity contribution is 5.82. The predicted molar refractivity (Wildman–Crippen MR) is 96.6 cm³/mol. The molecule has 1 aromatic rings. The van der Waals surface area contributed by atoms with Crippen molar-refractivity contribution in [3.05, 3.63) is 35.9 Å². The molecular formula is C21H31NO2. The molecule has 2 fully saturated rings. The highest BCUT2D eigenvalue weighted by atomic mass is 16.5. The van der Waals surface area contributed by atoms with Gasteiger partial charge >= 0.3 is 5.97 Å². The summed E-state index contributed by atoms with van der Waals surface area (Å²) in [6, 6.07) is 10.7. The first kappa shape index (κ1) is 17.5. The van der Waals surface area contributed by atoms with Crippen LogP contribution in [-0.4, -0.2) is 29.6 Å². The normalized spacial score (nSPS) is 34.0. The van der Waals surface area contributed by atoms with Gasteiger partial charge in [0.1, 0.15) is 6.04 Å². The van der Waals surface area contributed by atoms with Crippen molar-refractivity contribution in [3.8, 4) is 0 Å². The highest BCUT2D eigenvalue weighted by Crippen LogP contribution is 2.58. The number of rotatable bonds is 3. The average Bonchev–Trinajstić information content (AvgIpc) is 3.21. The van der Waals surface area contributed by atoms with Crippen LogP contribution in [0.15, 0.2) is 30.3 Å². The lowest BCUT2D eigenvalue weighted by molar-refractivity contribution is -0.141. The molecule has 1 aromatic carbocycles. The lowest BCUT2D eigenvalue weighted by atomic mass is 9.69. The Labute approximate surface area is 146 Å². The molecule has 1 aliphatic heterocycles. The van der Waals surface area contributed by atoms with E-state index in [1.807, 2.05) is 6.07 Å². The van der Waals surface area contributed by atoms with Crippen molar-refractivity contribution in [1.82, 2.24) is 4.90 Å². The third-order valence-electron chi connectivity index (χ3n) is 6.43. The Balaban J connectivity index is 1.80. The highest BCUT2D eigenvalue weighted by Gasteiger charge is 2.68.